The molecule has 0 radical (unpaired) electrons. The summed E-state index contributed by atoms with van der Waals surface area (Å²) in [5, 5.41) is 3.61. The zero-order valence-electron chi connectivity index (χ0n) is 9.47. The van der Waals surface area contributed by atoms with Crippen LogP contribution in [-0.2, 0) is 0 Å². The fourth-order valence-corrected chi connectivity index (χ4v) is 1.31. The first kappa shape index (κ1) is 11.2. The van der Waals surface area contributed by atoms with Crippen LogP contribution in [-0.4, -0.2) is 18.2 Å². The Labute approximate surface area is 97.9 Å². The Hall–Kier alpha value is -2.30. The van der Waals surface area contributed by atoms with E-state index in [4.69, 9.17) is 14.0 Å². The summed E-state index contributed by atoms with van der Waals surface area (Å²) in [5.74, 6) is 0.287. The highest BCUT2D eigenvalue weighted by molar-refractivity contribution is 5.88. The monoisotopic (exact) mass is 233 g/mol. The highest BCUT2D eigenvalue weighted by Crippen LogP contribution is 2.26. The molecule has 0 spiro atoms. The number of benzene rings is 1. The van der Waals surface area contributed by atoms with Crippen LogP contribution >= 0.6 is 0 Å². The fraction of sp³-hybridized carbons (Fsp3) is 0.167. The van der Waals surface area contributed by atoms with Gasteiger partial charge in [-0.1, -0.05) is 17.3 Å². The molecule has 1 heterocycles. The lowest BCUT2D eigenvalue weighted by molar-refractivity contribution is 0.0686. The van der Waals surface area contributed by atoms with Crippen molar-refractivity contribution in [3.63, 3.8) is 0 Å². The first-order chi connectivity index (χ1) is 8.20. The van der Waals surface area contributed by atoms with Gasteiger partial charge in [0.15, 0.2) is 11.5 Å². The molecule has 0 atom stereocenters. The molecule has 0 N–H and O–H groups in total. The quantitative estimate of drug-likeness (QED) is 0.600. The smallest absolute Gasteiger partial charge is 0.382 e. The molecule has 0 bridgehead atoms. The van der Waals surface area contributed by atoms with Crippen LogP contribution in [0.4, 0.5) is 0 Å². The number of esters is 1. The summed E-state index contributed by atoms with van der Waals surface area (Å²) in [7, 11) is 1.51. The van der Waals surface area contributed by atoms with Gasteiger partial charge in [0.05, 0.1) is 12.8 Å². The van der Waals surface area contributed by atoms with E-state index in [1.165, 1.54) is 13.2 Å². The average molecular weight is 233 g/mol. The molecule has 1 aromatic heterocycles. The number of aromatic nitrogens is 1. The topological polar surface area (TPSA) is 61.6 Å². The van der Waals surface area contributed by atoms with Crippen molar-refractivity contribution in [2.75, 3.05) is 7.11 Å². The van der Waals surface area contributed by atoms with Crippen LogP contribution in [0.2, 0.25) is 0 Å². The predicted molar refractivity (Wildman–Crippen MR) is 59.2 cm³/mol. The number of methoxy groups -OCH3 is 1. The number of ether oxygens (including phenoxy) is 2. The number of carbonyl (C=O) groups excluding carboxylic acids is 1. The van der Waals surface area contributed by atoms with Crippen LogP contribution in [0.15, 0.2) is 34.9 Å². The van der Waals surface area contributed by atoms with Gasteiger partial charge in [0.1, 0.15) is 0 Å². The van der Waals surface area contributed by atoms with Crippen LogP contribution in [0, 0.1) is 6.92 Å². The Morgan fingerprint density at radius 1 is 1.29 bits per heavy atom. The van der Waals surface area contributed by atoms with Crippen LogP contribution in [0.25, 0.3) is 0 Å². The van der Waals surface area contributed by atoms with E-state index in [0.717, 1.165) is 0 Å². The normalized spacial score (nSPS) is 10.0. The van der Waals surface area contributed by atoms with Crippen molar-refractivity contribution in [3.8, 4) is 11.5 Å². The minimum Gasteiger partial charge on any atom is -0.493 e. The molecule has 17 heavy (non-hydrogen) atoms. The third kappa shape index (κ3) is 2.44. The maximum absolute atomic E-state index is 11.7. The maximum atomic E-state index is 11.7. The van der Waals surface area contributed by atoms with Gasteiger partial charge in [0.25, 0.3) is 0 Å². The van der Waals surface area contributed by atoms with E-state index in [-0.39, 0.29) is 5.76 Å². The largest absolute Gasteiger partial charge is 0.493 e. The molecule has 5 nitrogen and oxygen atoms in total. The van der Waals surface area contributed by atoms with Crippen molar-refractivity contribution in [1.82, 2.24) is 5.16 Å². The van der Waals surface area contributed by atoms with Gasteiger partial charge in [-0.15, -0.1) is 0 Å². The molecule has 0 aliphatic rings. The lowest BCUT2D eigenvalue weighted by atomic mass is 10.3. The van der Waals surface area contributed by atoms with E-state index in [1.807, 2.05) is 0 Å². The van der Waals surface area contributed by atoms with Crippen LogP contribution in [0.5, 0.6) is 11.5 Å². The molecule has 1 aromatic carbocycles. The van der Waals surface area contributed by atoms with Gasteiger partial charge in [-0.05, 0) is 19.1 Å². The van der Waals surface area contributed by atoms with Crippen molar-refractivity contribution >= 4 is 5.97 Å². The summed E-state index contributed by atoms with van der Waals surface area (Å²) >= 11 is 0. The lowest BCUT2D eigenvalue weighted by Crippen LogP contribution is -2.08. The first-order valence-electron chi connectivity index (χ1n) is 4.99. The van der Waals surface area contributed by atoms with Crippen LogP contribution in [0.1, 0.15) is 16.2 Å². The maximum Gasteiger partial charge on any atom is 0.382 e. The molecule has 0 aliphatic carbocycles. The minimum atomic E-state index is -0.602. The van der Waals surface area contributed by atoms with Crippen molar-refractivity contribution in [3.05, 3.63) is 41.8 Å². The van der Waals surface area contributed by atoms with E-state index in [9.17, 15) is 4.79 Å². The molecule has 5 heteroatoms. The molecular weight excluding hydrogens is 222 g/mol. The second-order valence-electron chi connectivity index (χ2n) is 3.37. The Balaban J connectivity index is 2.18. The van der Waals surface area contributed by atoms with E-state index < -0.39 is 5.97 Å². The molecule has 0 fully saturated rings. The number of hydrogen-bond acceptors (Lipinski definition) is 5. The van der Waals surface area contributed by atoms with Gasteiger partial charge in [0, 0.05) is 6.07 Å². The molecule has 0 saturated carbocycles. The van der Waals surface area contributed by atoms with E-state index in [1.54, 1.807) is 31.2 Å². The lowest BCUT2D eigenvalue weighted by Gasteiger charge is -2.06. The summed E-state index contributed by atoms with van der Waals surface area (Å²) in [4.78, 5) is 11.7. The Morgan fingerprint density at radius 2 is 2.00 bits per heavy atom. The van der Waals surface area contributed by atoms with Gasteiger partial charge < -0.3 is 14.0 Å². The number of carbonyl (C=O) groups is 1. The van der Waals surface area contributed by atoms with Gasteiger partial charge in [-0.3, -0.25) is 0 Å². The number of rotatable bonds is 3. The van der Waals surface area contributed by atoms with E-state index >= 15 is 0 Å². The molecule has 0 saturated heterocycles. The fourth-order valence-electron chi connectivity index (χ4n) is 1.31. The van der Waals surface area contributed by atoms with Crippen molar-refractivity contribution < 1.29 is 18.8 Å². The van der Waals surface area contributed by atoms with Crippen molar-refractivity contribution in [2.24, 2.45) is 0 Å². The molecular formula is C12H11NO4. The number of hydrogen-bond donors (Lipinski definition) is 0. The summed E-state index contributed by atoms with van der Waals surface area (Å²) in [6.45, 7) is 1.73. The second-order valence-corrected chi connectivity index (χ2v) is 3.37. The summed E-state index contributed by atoms with van der Waals surface area (Å²) in [5.41, 5.74) is 0.622. The van der Waals surface area contributed by atoms with E-state index in [0.29, 0.717) is 17.2 Å². The van der Waals surface area contributed by atoms with Crippen LogP contribution in [0.3, 0.4) is 0 Å². The Bertz CT molecular complexity index is 533. The highest BCUT2D eigenvalue weighted by Gasteiger charge is 2.16. The number of para-hydroxylation sites is 2. The third-order valence-corrected chi connectivity index (χ3v) is 2.10. The zero-order chi connectivity index (χ0) is 12.3. The summed E-state index contributed by atoms with van der Waals surface area (Å²) < 4.78 is 15.0. The SMILES string of the molecule is COc1ccccc1OC(=O)c1cc(C)no1. The second kappa shape index (κ2) is 4.69. The van der Waals surface area contributed by atoms with Gasteiger partial charge in [-0.2, -0.15) is 0 Å². The molecule has 0 amide bonds. The van der Waals surface area contributed by atoms with Crippen molar-refractivity contribution in [1.29, 1.82) is 0 Å². The molecule has 0 unspecified atom stereocenters. The minimum absolute atomic E-state index is 0.0633. The Morgan fingerprint density at radius 3 is 2.59 bits per heavy atom. The van der Waals surface area contributed by atoms with Gasteiger partial charge >= 0.3 is 5.97 Å². The third-order valence-electron chi connectivity index (χ3n) is 2.10. The first-order valence-corrected chi connectivity index (χ1v) is 4.99. The number of nitrogens with zero attached hydrogens (tertiary/aromatic N) is 1. The molecule has 0 aliphatic heterocycles. The molecule has 2 aromatic rings. The average Bonchev–Trinajstić information content (AvgIpc) is 2.77. The summed E-state index contributed by atoms with van der Waals surface area (Å²) in [6.07, 6.45) is 0. The Kier molecular flexibility index (Phi) is 3.09. The number of aryl methyl sites for hydroxylation is 1. The van der Waals surface area contributed by atoms with E-state index in [2.05, 4.69) is 5.16 Å². The predicted octanol–water partition coefficient (Wildman–Crippen LogP) is 2.21. The standard InChI is InChI=1S/C12H11NO4/c1-8-7-11(17-13-8)12(14)16-10-6-4-3-5-9(10)15-2/h3-7H,1-2H3. The van der Waals surface area contributed by atoms with Crippen molar-refractivity contribution in [2.45, 2.75) is 6.92 Å². The van der Waals surface area contributed by atoms with Crippen LogP contribution < -0.4 is 9.47 Å². The zero-order valence-corrected chi connectivity index (χ0v) is 9.47. The van der Waals surface area contributed by atoms with Gasteiger partial charge in [-0.25, -0.2) is 4.79 Å². The van der Waals surface area contributed by atoms with Gasteiger partial charge in [0.2, 0.25) is 5.76 Å². The molecule has 2 rings (SSSR count). The molecule has 88 valence electrons. The highest BCUT2D eigenvalue weighted by atomic mass is 16.6. The summed E-state index contributed by atoms with van der Waals surface area (Å²) in [6, 6.07) is 8.39.